The van der Waals surface area contributed by atoms with Crippen LogP contribution in [0.2, 0.25) is 0 Å². The lowest BCUT2D eigenvalue weighted by molar-refractivity contribution is -0.145. The van der Waals surface area contributed by atoms with Gasteiger partial charge < -0.3 is 14.6 Å². The summed E-state index contributed by atoms with van der Waals surface area (Å²) in [6.45, 7) is 0. The number of rotatable bonds is 2. The van der Waals surface area contributed by atoms with E-state index < -0.39 is 29.4 Å². The van der Waals surface area contributed by atoms with E-state index >= 15 is 0 Å². The zero-order chi connectivity index (χ0) is 12.4. The van der Waals surface area contributed by atoms with Gasteiger partial charge in [0.15, 0.2) is 17.4 Å². The fourth-order valence-corrected chi connectivity index (χ4v) is 1.60. The van der Waals surface area contributed by atoms with Crippen molar-refractivity contribution < 1.29 is 24.2 Å². The van der Waals surface area contributed by atoms with E-state index in [0.717, 1.165) is 7.11 Å². The Morgan fingerprint density at radius 1 is 1.35 bits per heavy atom. The Bertz CT molecular complexity index is 489. The number of carbonyl (C=O) groups excluding carboxylic acids is 2. The normalized spacial score (nSPS) is 19.1. The highest BCUT2D eigenvalue weighted by atomic mass is 16.6. The summed E-state index contributed by atoms with van der Waals surface area (Å²) in [6.07, 6.45) is -0.933. The Hall–Kier alpha value is -2.30. The predicted octanol–water partition coefficient (Wildman–Crippen LogP) is 1.27. The van der Waals surface area contributed by atoms with Crippen molar-refractivity contribution in [3.8, 4) is 0 Å². The molecule has 5 heteroatoms. The van der Waals surface area contributed by atoms with Gasteiger partial charge in [-0.25, -0.2) is 9.59 Å². The van der Waals surface area contributed by atoms with Gasteiger partial charge in [-0.1, -0.05) is 30.3 Å². The number of ether oxygens (including phenoxy) is 2. The molecule has 1 unspecified atom stereocenters. The maximum atomic E-state index is 11.4. The molecule has 1 heterocycles. The lowest BCUT2D eigenvalue weighted by Gasteiger charge is -2.09. The molecule has 1 atom stereocenters. The summed E-state index contributed by atoms with van der Waals surface area (Å²) < 4.78 is 9.33. The maximum absolute atomic E-state index is 11.4. The molecule has 0 saturated heterocycles. The van der Waals surface area contributed by atoms with Gasteiger partial charge in [-0.05, 0) is 0 Å². The molecule has 1 aromatic rings. The average molecular weight is 234 g/mol. The molecule has 0 saturated carbocycles. The summed E-state index contributed by atoms with van der Waals surface area (Å²) in [6, 6.07) is 8.66. The van der Waals surface area contributed by atoms with E-state index in [1.54, 1.807) is 30.3 Å². The zero-order valence-electron chi connectivity index (χ0n) is 9.04. The van der Waals surface area contributed by atoms with Gasteiger partial charge in [-0.2, -0.15) is 0 Å². The number of esters is 2. The summed E-state index contributed by atoms with van der Waals surface area (Å²) >= 11 is 0. The third-order valence-corrected chi connectivity index (χ3v) is 2.43. The van der Waals surface area contributed by atoms with Crippen LogP contribution in [-0.2, 0) is 19.1 Å². The topological polar surface area (TPSA) is 72.8 Å². The van der Waals surface area contributed by atoms with Crippen LogP contribution in [0.25, 0.3) is 0 Å². The van der Waals surface area contributed by atoms with Crippen LogP contribution in [0.3, 0.4) is 0 Å². The Morgan fingerprint density at radius 2 is 2.00 bits per heavy atom. The van der Waals surface area contributed by atoms with Crippen molar-refractivity contribution in [2.75, 3.05) is 7.11 Å². The number of hydrogen-bond acceptors (Lipinski definition) is 5. The minimum absolute atomic E-state index is 0.409. The van der Waals surface area contributed by atoms with Crippen LogP contribution in [0.1, 0.15) is 11.7 Å². The molecule has 5 nitrogen and oxygen atoms in total. The Kier molecular flexibility index (Phi) is 2.82. The Balaban J connectivity index is 2.39. The van der Waals surface area contributed by atoms with Crippen LogP contribution >= 0.6 is 0 Å². The molecular formula is C12H10O5. The lowest BCUT2D eigenvalue weighted by atomic mass is 10.1. The number of benzene rings is 1. The van der Waals surface area contributed by atoms with Crippen molar-refractivity contribution in [1.29, 1.82) is 0 Å². The molecule has 1 aromatic carbocycles. The number of aliphatic hydroxyl groups is 1. The predicted molar refractivity (Wildman–Crippen MR) is 56.9 cm³/mol. The molecule has 2 rings (SSSR count). The van der Waals surface area contributed by atoms with E-state index in [1.807, 2.05) is 0 Å². The molecule has 0 radical (unpaired) electrons. The quantitative estimate of drug-likeness (QED) is 0.616. The van der Waals surface area contributed by atoms with E-state index in [0.29, 0.717) is 5.56 Å². The summed E-state index contributed by atoms with van der Waals surface area (Å²) in [5.74, 6) is -2.18. The molecule has 88 valence electrons. The number of aliphatic hydroxyl groups excluding tert-OH is 1. The molecule has 0 spiro atoms. The van der Waals surface area contributed by atoms with E-state index in [-0.39, 0.29) is 0 Å². The van der Waals surface area contributed by atoms with Gasteiger partial charge in [0, 0.05) is 5.56 Å². The fourth-order valence-electron chi connectivity index (χ4n) is 1.60. The standard InChI is InChI=1S/C12H10O5/c1-16-11(14)8-9(13)10(17-12(8)15)7-5-3-2-4-6-7/h2-6,10,13H,1H3. The first kappa shape index (κ1) is 11.2. The first-order chi connectivity index (χ1) is 8.15. The largest absolute Gasteiger partial charge is 0.507 e. The van der Waals surface area contributed by atoms with E-state index in [9.17, 15) is 14.7 Å². The number of hydrogen-bond donors (Lipinski definition) is 1. The minimum atomic E-state index is -0.933. The lowest BCUT2D eigenvalue weighted by Crippen LogP contribution is -2.12. The molecule has 17 heavy (non-hydrogen) atoms. The van der Waals surface area contributed by atoms with Crippen molar-refractivity contribution in [3.63, 3.8) is 0 Å². The molecule has 1 aliphatic heterocycles. The molecule has 0 amide bonds. The molecule has 1 N–H and O–H groups in total. The van der Waals surface area contributed by atoms with E-state index in [1.165, 1.54) is 0 Å². The van der Waals surface area contributed by atoms with Crippen LogP contribution in [0.5, 0.6) is 0 Å². The van der Waals surface area contributed by atoms with Crippen LogP contribution in [0.15, 0.2) is 41.7 Å². The van der Waals surface area contributed by atoms with Crippen molar-refractivity contribution in [2.24, 2.45) is 0 Å². The van der Waals surface area contributed by atoms with Crippen LogP contribution in [0.4, 0.5) is 0 Å². The van der Waals surface area contributed by atoms with Gasteiger partial charge >= 0.3 is 11.9 Å². The number of cyclic esters (lactones) is 1. The molecule has 0 aliphatic carbocycles. The minimum Gasteiger partial charge on any atom is -0.507 e. The van der Waals surface area contributed by atoms with Crippen LogP contribution < -0.4 is 0 Å². The van der Waals surface area contributed by atoms with Crippen molar-refractivity contribution >= 4 is 11.9 Å². The highest BCUT2D eigenvalue weighted by Gasteiger charge is 2.39. The first-order valence-corrected chi connectivity index (χ1v) is 4.92. The monoisotopic (exact) mass is 234 g/mol. The van der Waals surface area contributed by atoms with Gasteiger partial charge in [0.2, 0.25) is 0 Å². The van der Waals surface area contributed by atoms with Crippen molar-refractivity contribution in [2.45, 2.75) is 6.10 Å². The summed E-state index contributed by atoms with van der Waals surface area (Å²) in [4.78, 5) is 22.7. The Morgan fingerprint density at radius 3 is 2.59 bits per heavy atom. The second-order valence-corrected chi connectivity index (χ2v) is 3.45. The third-order valence-electron chi connectivity index (χ3n) is 2.43. The maximum Gasteiger partial charge on any atom is 0.350 e. The highest BCUT2D eigenvalue weighted by Crippen LogP contribution is 2.33. The summed E-state index contributed by atoms with van der Waals surface area (Å²) in [5, 5.41) is 9.81. The number of carbonyl (C=O) groups is 2. The van der Waals surface area contributed by atoms with Crippen LogP contribution in [-0.4, -0.2) is 24.2 Å². The van der Waals surface area contributed by atoms with Crippen LogP contribution in [0, 0.1) is 0 Å². The van der Waals surface area contributed by atoms with E-state index in [4.69, 9.17) is 4.74 Å². The summed E-state index contributed by atoms with van der Waals surface area (Å²) in [5.41, 5.74) is 0.151. The SMILES string of the molecule is COC(=O)C1=C(O)C(c2ccccc2)OC1=O. The Labute approximate surface area is 97.3 Å². The highest BCUT2D eigenvalue weighted by molar-refractivity contribution is 6.16. The van der Waals surface area contributed by atoms with Gasteiger partial charge in [0.1, 0.15) is 0 Å². The molecule has 0 aromatic heterocycles. The molecule has 1 aliphatic rings. The van der Waals surface area contributed by atoms with Gasteiger partial charge in [-0.15, -0.1) is 0 Å². The summed E-state index contributed by atoms with van der Waals surface area (Å²) in [7, 11) is 1.13. The van der Waals surface area contributed by atoms with Crippen molar-refractivity contribution in [3.05, 3.63) is 47.2 Å². The molecule has 0 bridgehead atoms. The van der Waals surface area contributed by atoms with Gasteiger partial charge in [0.05, 0.1) is 7.11 Å². The van der Waals surface area contributed by atoms with E-state index in [2.05, 4.69) is 4.74 Å². The first-order valence-electron chi connectivity index (χ1n) is 4.92. The second-order valence-electron chi connectivity index (χ2n) is 3.45. The van der Waals surface area contributed by atoms with Crippen molar-refractivity contribution in [1.82, 2.24) is 0 Å². The zero-order valence-corrected chi connectivity index (χ0v) is 9.04. The molecular weight excluding hydrogens is 224 g/mol. The fraction of sp³-hybridized carbons (Fsp3) is 0.167. The van der Waals surface area contributed by atoms with Gasteiger partial charge in [0.25, 0.3) is 0 Å². The second kappa shape index (κ2) is 4.29. The number of methoxy groups -OCH3 is 1. The molecule has 0 fully saturated rings. The third kappa shape index (κ3) is 1.87. The average Bonchev–Trinajstić information content (AvgIpc) is 2.65. The smallest absolute Gasteiger partial charge is 0.350 e. The van der Waals surface area contributed by atoms with Gasteiger partial charge in [-0.3, -0.25) is 0 Å².